The van der Waals surface area contributed by atoms with Crippen molar-refractivity contribution in [3.63, 3.8) is 0 Å². The number of carbonyl (C=O) groups excluding carboxylic acids is 1. The molecule has 0 aromatic heterocycles. The Labute approximate surface area is 265 Å². The fraction of sp³-hybridized carbons (Fsp3) is 0.406. The summed E-state index contributed by atoms with van der Waals surface area (Å²) in [5, 5.41) is 15.6. The molecule has 9 nitrogen and oxygen atoms in total. The second-order valence-electron chi connectivity index (χ2n) is 10.1. The first-order valence-electron chi connectivity index (χ1n) is 14.3. The lowest BCUT2D eigenvalue weighted by atomic mass is 9.95. The topological polar surface area (TPSA) is 116 Å². The Hall–Kier alpha value is -3.15. The number of hydrogen-bond acceptors (Lipinski definition) is 8. The predicted molar refractivity (Wildman–Crippen MR) is 183 cm³/mol. The van der Waals surface area contributed by atoms with Gasteiger partial charge in [0.25, 0.3) is 0 Å². The maximum atomic E-state index is 12.4. The first kappa shape index (κ1) is 36.0. The van der Waals surface area contributed by atoms with Crippen LogP contribution in [0.4, 0.5) is 17.1 Å². The number of halogens is 1. The minimum absolute atomic E-state index is 0.0201. The van der Waals surface area contributed by atoms with Crippen LogP contribution in [0.5, 0.6) is 5.75 Å². The van der Waals surface area contributed by atoms with Crippen molar-refractivity contribution in [3.05, 3.63) is 65.8 Å². The fourth-order valence-corrected chi connectivity index (χ4v) is 5.88. The number of benzene rings is 2. The number of amidine groups is 1. The second kappa shape index (κ2) is 18.5. The number of para-hydroxylation sites is 1. The summed E-state index contributed by atoms with van der Waals surface area (Å²) in [6, 6.07) is 11.5. The third-order valence-electron chi connectivity index (χ3n) is 6.82. The van der Waals surface area contributed by atoms with Crippen LogP contribution in [0.25, 0.3) is 0 Å². The van der Waals surface area contributed by atoms with Gasteiger partial charge in [0.1, 0.15) is 16.5 Å². The zero-order valence-corrected chi connectivity index (χ0v) is 27.4. The van der Waals surface area contributed by atoms with E-state index in [1.54, 1.807) is 31.0 Å². The Morgan fingerprint density at radius 2 is 2.05 bits per heavy atom. The largest absolute Gasteiger partial charge is 0.494 e. The maximum Gasteiger partial charge on any atom is 0.247 e. The van der Waals surface area contributed by atoms with Crippen LogP contribution in [-0.4, -0.2) is 67.6 Å². The fourth-order valence-electron chi connectivity index (χ4n) is 4.75. The zero-order valence-electron chi connectivity index (χ0n) is 25.8. The maximum absolute atomic E-state index is 12.4. The molecule has 0 radical (unpaired) electrons. The van der Waals surface area contributed by atoms with Crippen LogP contribution >= 0.6 is 23.4 Å². The van der Waals surface area contributed by atoms with E-state index in [-0.39, 0.29) is 22.0 Å². The highest BCUT2D eigenvalue weighted by Crippen LogP contribution is 2.38. The minimum Gasteiger partial charge on any atom is -0.494 e. The molecular formula is C32H45ClN6O3S. The van der Waals surface area contributed by atoms with Gasteiger partial charge < -0.3 is 20.7 Å². The van der Waals surface area contributed by atoms with Gasteiger partial charge in [-0.25, -0.2) is 10.1 Å². The van der Waals surface area contributed by atoms with Crippen LogP contribution in [0.15, 0.2) is 75.2 Å². The number of nitrogens with one attached hydrogen (secondary N) is 1. The van der Waals surface area contributed by atoms with E-state index in [1.807, 2.05) is 24.3 Å². The highest BCUT2D eigenvalue weighted by molar-refractivity contribution is 8.00. The molecule has 1 atom stereocenters. The summed E-state index contributed by atoms with van der Waals surface area (Å²) in [6.07, 6.45) is 7.81. The van der Waals surface area contributed by atoms with Crippen molar-refractivity contribution in [2.45, 2.75) is 62.1 Å². The number of aliphatic imine (C=N–C) groups is 2. The monoisotopic (exact) mass is 628 g/mol. The van der Waals surface area contributed by atoms with Gasteiger partial charge in [0.2, 0.25) is 5.91 Å². The van der Waals surface area contributed by atoms with Crippen molar-refractivity contribution >= 4 is 58.9 Å². The van der Waals surface area contributed by atoms with E-state index in [9.17, 15) is 10.0 Å². The first-order chi connectivity index (χ1) is 20.7. The number of likely N-dealkylation sites (tertiary alicyclic amines) is 1. The lowest BCUT2D eigenvalue weighted by Crippen LogP contribution is -2.36. The van der Waals surface area contributed by atoms with E-state index in [0.717, 1.165) is 41.3 Å². The van der Waals surface area contributed by atoms with E-state index >= 15 is 0 Å². The molecule has 2 aromatic carbocycles. The highest BCUT2D eigenvalue weighted by atomic mass is 35.5. The Kier molecular flexibility index (Phi) is 15.5. The molecule has 1 fully saturated rings. The van der Waals surface area contributed by atoms with E-state index in [4.69, 9.17) is 21.3 Å². The second-order valence-corrected chi connectivity index (χ2v) is 12.1. The smallest absolute Gasteiger partial charge is 0.247 e. The standard InChI is InChI=1S/C31H40ClN5O3S.CH5N/c1-7-30(38)34-25-19-26(28(40-6)18-22(25)15-16-23-12-10-11-17-36(23)5)35-31(24(32)20-33-4)37(39)27-13-8-9-14-29(27)41-21(2)3;1-2/h7-9,13-14,18-21,23,39H,1,4,10-12,15-17H2,2-3,5-6H3,(H,34,38);2H2,1H3/b24-20+,35-31?;. The van der Waals surface area contributed by atoms with Crippen LogP contribution in [0.3, 0.4) is 0 Å². The average molecular weight is 629 g/mol. The molecule has 1 saturated heterocycles. The van der Waals surface area contributed by atoms with E-state index < -0.39 is 0 Å². The van der Waals surface area contributed by atoms with Crippen molar-refractivity contribution in [2.24, 2.45) is 15.7 Å². The SMILES string of the molecule is C=CC(=O)Nc1cc(N=C(/C(Cl)=C\N=C)N(O)c2ccccc2SC(C)C)c(OC)cc1CCC1CCCCN1C.CN. The number of nitrogens with two attached hydrogens (primary N) is 1. The third kappa shape index (κ3) is 10.5. The molecular weight excluding hydrogens is 584 g/mol. The van der Waals surface area contributed by atoms with Crippen molar-refractivity contribution in [2.75, 3.05) is 38.1 Å². The summed E-state index contributed by atoms with van der Waals surface area (Å²) in [6.45, 7) is 12.3. The van der Waals surface area contributed by atoms with Gasteiger partial charge in [0.05, 0.1) is 12.8 Å². The number of anilines is 2. The number of thioether (sulfide) groups is 1. The van der Waals surface area contributed by atoms with Gasteiger partial charge in [0.15, 0.2) is 5.84 Å². The Bertz CT molecular complexity index is 1300. The normalized spacial score (nSPS) is 15.8. The molecule has 0 aliphatic carbocycles. The summed E-state index contributed by atoms with van der Waals surface area (Å²) >= 11 is 8.18. The number of carbonyl (C=O) groups is 1. The van der Waals surface area contributed by atoms with Gasteiger partial charge in [-0.2, -0.15) is 0 Å². The van der Waals surface area contributed by atoms with Gasteiger partial charge in [-0.05, 0) is 88.9 Å². The Balaban J connectivity index is 0.00000316. The molecule has 43 heavy (non-hydrogen) atoms. The molecule has 1 aliphatic rings. The Morgan fingerprint density at radius 3 is 2.67 bits per heavy atom. The van der Waals surface area contributed by atoms with E-state index in [1.165, 1.54) is 32.2 Å². The molecule has 0 spiro atoms. The molecule has 1 heterocycles. The van der Waals surface area contributed by atoms with Crippen LogP contribution in [0, 0.1) is 0 Å². The number of piperidine rings is 1. The summed E-state index contributed by atoms with van der Waals surface area (Å²) in [7, 11) is 5.22. The highest BCUT2D eigenvalue weighted by Gasteiger charge is 2.23. The molecule has 0 saturated carbocycles. The van der Waals surface area contributed by atoms with Gasteiger partial charge in [0, 0.05) is 28.1 Å². The number of rotatable bonds is 12. The third-order valence-corrected chi connectivity index (χ3v) is 8.15. The van der Waals surface area contributed by atoms with Crippen molar-refractivity contribution in [3.8, 4) is 5.75 Å². The number of aryl methyl sites for hydroxylation is 1. The summed E-state index contributed by atoms with van der Waals surface area (Å²) in [5.74, 6) is 0.158. The summed E-state index contributed by atoms with van der Waals surface area (Å²) in [5.41, 5.74) is 6.89. The number of nitrogens with zero attached hydrogens (tertiary/aromatic N) is 4. The van der Waals surface area contributed by atoms with Crippen molar-refractivity contribution in [1.82, 2.24) is 4.90 Å². The number of hydrogen-bond donors (Lipinski definition) is 3. The van der Waals surface area contributed by atoms with Crippen LogP contribution in [0.1, 0.15) is 45.1 Å². The van der Waals surface area contributed by atoms with Crippen LogP contribution in [-0.2, 0) is 11.2 Å². The molecule has 234 valence electrons. The summed E-state index contributed by atoms with van der Waals surface area (Å²) in [4.78, 5) is 24.1. The molecule has 4 N–H and O–H groups in total. The van der Waals surface area contributed by atoms with Gasteiger partial charge >= 0.3 is 0 Å². The van der Waals surface area contributed by atoms with Gasteiger partial charge in [-0.1, -0.05) is 50.6 Å². The zero-order chi connectivity index (χ0) is 31.9. The quantitative estimate of drug-likeness (QED) is 0.0760. The number of hydroxylamine groups is 1. The lowest BCUT2D eigenvalue weighted by molar-refractivity contribution is -0.111. The van der Waals surface area contributed by atoms with E-state index in [0.29, 0.717) is 28.9 Å². The molecule has 11 heteroatoms. The first-order valence-corrected chi connectivity index (χ1v) is 15.5. The number of amides is 1. The van der Waals surface area contributed by atoms with Gasteiger partial charge in [-0.3, -0.25) is 15.0 Å². The molecule has 2 aromatic rings. The van der Waals surface area contributed by atoms with Crippen LogP contribution < -0.4 is 20.9 Å². The lowest BCUT2D eigenvalue weighted by Gasteiger charge is -2.32. The molecule has 0 bridgehead atoms. The molecule has 1 amide bonds. The van der Waals surface area contributed by atoms with Crippen molar-refractivity contribution in [1.29, 1.82) is 0 Å². The van der Waals surface area contributed by atoms with Crippen LogP contribution in [0.2, 0.25) is 0 Å². The number of methoxy groups -OCH3 is 1. The predicted octanol–water partition coefficient (Wildman–Crippen LogP) is 7.02. The van der Waals surface area contributed by atoms with Gasteiger partial charge in [-0.15, -0.1) is 11.8 Å². The van der Waals surface area contributed by atoms with E-state index in [2.05, 4.69) is 55.1 Å². The minimum atomic E-state index is -0.335. The average Bonchev–Trinajstić information content (AvgIpc) is 3.00. The molecule has 1 unspecified atom stereocenters. The number of ether oxygens (including phenoxy) is 1. The summed E-state index contributed by atoms with van der Waals surface area (Å²) < 4.78 is 5.73. The molecule has 1 aliphatic heterocycles. The van der Waals surface area contributed by atoms with Crippen molar-refractivity contribution < 1.29 is 14.7 Å². The Morgan fingerprint density at radius 1 is 1.33 bits per heavy atom. The molecule has 3 rings (SSSR count).